The second-order valence-corrected chi connectivity index (χ2v) is 9.84. The summed E-state index contributed by atoms with van der Waals surface area (Å²) in [6, 6.07) is 18.1. The number of halogens is 3. The van der Waals surface area contributed by atoms with Crippen LogP contribution in [-0.2, 0) is 15.0 Å². The van der Waals surface area contributed by atoms with E-state index in [1.807, 2.05) is 12.1 Å². The fraction of sp³-hybridized carbons (Fsp3) is 0.259. The number of carbonyl (C=O) groups is 2. The molecular formula is C27H23Cl2FN2O2. The fourth-order valence-corrected chi connectivity index (χ4v) is 5.63. The normalized spacial score (nSPS) is 19.3. The van der Waals surface area contributed by atoms with Gasteiger partial charge in [0.1, 0.15) is 12.4 Å². The van der Waals surface area contributed by atoms with Crippen LogP contribution in [0.25, 0.3) is 0 Å². The molecular weight excluding hydrogens is 474 g/mol. The van der Waals surface area contributed by atoms with Crippen molar-refractivity contribution in [1.29, 1.82) is 0 Å². The Morgan fingerprint density at radius 2 is 1.59 bits per heavy atom. The van der Waals surface area contributed by atoms with Crippen molar-refractivity contribution in [2.24, 2.45) is 0 Å². The maximum absolute atomic E-state index is 14.5. The highest BCUT2D eigenvalue weighted by Gasteiger charge is 2.48. The molecule has 2 amide bonds. The zero-order chi connectivity index (χ0) is 23.9. The molecule has 0 aromatic heterocycles. The lowest BCUT2D eigenvalue weighted by Gasteiger charge is -2.38. The molecule has 0 spiro atoms. The first kappa shape index (κ1) is 22.9. The molecule has 1 N–H and O–H groups in total. The van der Waals surface area contributed by atoms with Gasteiger partial charge in [-0.3, -0.25) is 9.59 Å². The molecule has 34 heavy (non-hydrogen) atoms. The predicted octanol–water partition coefficient (Wildman–Crippen LogP) is 6.51. The van der Waals surface area contributed by atoms with Gasteiger partial charge >= 0.3 is 0 Å². The van der Waals surface area contributed by atoms with Crippen molar-refractivity contribution < 1.29 is 14.0 Å². The largest absolute Gasteiger partial charge is 0.324 e. The van der Waals surface area contributed by atoms with Gasteiger partial charge in [0, 0.05) is 21.3 Å². The van der Waals surface area contributed by atoms with Crippen molar-refractivity contribution in [3.8, 4) is 0 Å². The third-order valence-electron chi connectivity index (χ3n) is 6.92. The summed E-state index contributed by atoms with van der Waals surface area (Å²) in [6.07, 6.45) is 3.20. The quantitative estimate of drug-likeness (QED) is 0.448. The maximum Gasteiger partial charge on any atom is 0.244 e. The molecule has 4 nitrogen and oxygen atoms in total. The molecule has 3 aromatic carbocycles. The minimum atomic E-state index is -0.758. The summed E-state index contributed by atoms with van der Waals surface area (Å²) in [5.41, 5.74) is 2.13. The molecule has 1 saturated carbocycles. The van der Waals surface area contributed by atoms with Gasteiger partial charge in [0.15, 0.2) is 0 Å². The Bertz CT molecular complexity index is 1240. The SMILES string of the molecule is O=C1CN(C(=O)C2(c3ccc(Cl)cc3)CCCC2)[C@H](c2ccc(F)cc2)c2cc(Cl)ccc2N1. The van der Waals surface area contributed by atoms with Crippen LogP contribution in [0, 0.1) is 5.82 Å². The van der Waals surface area contributed by atoms with E-state index in [9.17, 15) is 14.0 Å². The third-order valence-corrected chi connectivity index (χ3v) is 7.40. The minimum Gasteiger partial charge on any atom is -0.324 e. The number of nitrogens with one attached hydrogen (secondary N) is 1. The molecule has 1 fully saturated rings. The summed E-state index contributed by atoms with van der Waals surface area (Å²) in [5.74, 6) is -0.778. The molecule has 5 rings (SSSR count). The first-order chi connectivity index (χ1) is 16.4. The molecule has 7 heteroatoms. The van der Waals surface area contributed by atoms with Gasteiger partial charge in [0.25, 0.3) is 0 Å². The number of anilines is 1. The highest BCUT2D eigenvalue weighted by Crippen LogP contribution is 2.46. The number of carbonyl (C=O) groups excluding carboxylic acids is 2. The summed E-state index contributed by atoms with van der Waals surface area (Å²) >= 11 is 12.5. The molecule has 0 bridgehead atoms. The zero-order valence-electron chi connectivity index (χ0n) is 18.4. The summed E-state index contributed by atoms with van der Waals surface area (Å²) in [6.45, 7) is -0.123. The molecule has 2 aliphatic rings. The lowest BCUT2D eigenvalue weighted by Crippen LogP contribution is -2.49. The van der Waals surface area contributed by atoms with E-state index in [1.165, 1.54) is 12.1 Å². The van der Waals surface area contributed by atoms with Gasteiger partial charge in [0.05, 0.1) is 11.5 Å². The van der Waals surface area contributed by atoms with Crippen molar-refractivity contribution in [2.45, 2.75) is 37.1 Å². The van der Waals surface area contributed by atoms with Crippen LogP contribution >= 0.6 is 23.2 Å². The molecule has 1 aliphatic carbocycles. The number of benzene rings is 3. The third kappa shape index (κ3) is 4.08. The Labute approximate surface area is 207 Å². The van der Waals surface area contributed by atoms with E-state index in [0.717, 1.165) is 18.4 Å². The van der Waals surface area contributed by atoms with Crippen LogP contribution in [0.2, 0.25) is 10.0 Å². The van der Waals surface area contributed by atoms with Crippen molar-refractivity contribution in [1.82, 2.24) is 4.90 Å². The first-order valence-electron chi connectivity index (χ1n) is 11.3. The van der Waals surface area contributed by atoms with Gasteiger partial charge in [-0.1, -0.05) is 60.3 Å². The van der Waals surface area contributed by atoms with E-state index in [0.29, 0.717) is 39.7 Å². The van der Waals surface area contributed by atoms with Crippen LogP contribution in [0.15, 0.2) is 66.7 Å². The number of amides is 2. The second-order valence-electron chi connectivity index (χ2n) is 8.96. The average molecular weight is 497 g/mol. The Kier molecular flexibility index (Phi) is 6.09. The molecule has 0 unspecified atom stereocenters. The number of hydrogen-bond donors (Lipinski definition) is 1. The average Bonchev–Trinajstić information content (AvgIpc) is 3.27. The molecule has 0 saturated heterocycles. The van der Waals surface area contributed by atoms with Crippen molar-refractivity contribution in [3.05, 3.63) is 99.3 Å². The van der Waals surface area contributed by atoms with E-state index in [4.69, 9.17) is 23.2 Å². The van der Waals surface area contributed by atoms with E-state index in [-0.39, 0.29) is 24.2 Å². The van der Waals surface area contributed by atoms with Gasteiger partial charge in [-0.15, -0.1) is 0 Å². The fourth-order valence-electron chi connectivity index (χ4n) is 5.32. The van der Waals surface area contributed by atoms with Crippen LogP contribution in [0.5, 0.6) is 0 Å². The Balaban J connectivity index is 1.68. The topological polar surface area (TPSA) is 49.4 Å². The zero-order valence-corrected chi connectivity index (χ0v) is 19.9. The van der Waals surface area contributed by atoms with Crippen molar-refractivity contribution >= 4 is 40.7 Å². The Hall–Kier alpha value is -2.89. The van der Waals surface area contributed by atoms with Gasteiger partial charge < -0.3 is 10.2 Å². The standard InChI is InChI=1S/C27H23Cl2FN2O2/c28-19-7-5-18(6-8-19)27(13-1-2-14-27)26(34)32-16-24(33)31-23-12-9-20(29)15-22(23)25(32)17-3-10-21(30)11-4-17/h3-12,15,25H,1-2,13-14,16H2,(H,31,33)/t25-/m1/s1. The monoisotopic (exact) mass is 496 g/mol. The lowest BCUT2D eigenvalue weighted by atomic mass is 9.76. The van der Waals surface area contributed by atoms with E-state index >= 15 is 0 Å². The number of fused-ring (bicyclic) bond motifs is 1. The molecule has 1 atom stereocenters. The van der Waals surface area contributed by atoms with Gasteiger partial charge in [-0.05, 0) is 66.4 Å². The second kappa shape index (κ2) is 9.05. The summed E-state index contributed by atoms with van der Waals surface area (Å²) in [5, 5.41) is 4.00. The Morgan fingerprint density at radius 1 is 0.941 bits per heavy atom. The van der Waals surface area contributed by atoms with Crippen LogP contribution in [0.1, 0.15) is 48.4 Å². The smallest absolute Gasteiger partial charge is 0.244 e. The van der Waals surface area contributed by atoms with Gasteiger partial charge in [0.2, 0.25) is 11.8 Å². The first-order valence-corrected chi connectivity index (χ1v) is 12.0. The lowest BCUT2D eigenvalue weighted by molar-refractivity contribution is -0.141. The van der Waals surface area contributed by atoms with Gasteiger partial charge in [-0.2, -0.15) is 0 Å². The van der Waals surface area contributed by atoms with Crippen LogP contribution < -0.4 is 5.32 Å². The number of hydrogen-bond acceptors (Lipinski definition) is 2. The number of rotatable bonds is 3. The summed E-state index contributed by atoms with van der Waals surface area (Å²) in [7, 11) is 0. The van der Waals surface area contributed by atoms with Crippen molar-refractivity contribution in [2.75, 3.05) is 11.9 Å². The van der Waals surface area contributed by atoms with Crippen molar-refractivity contribution in [3.63, 3.8) is 0 Å². The highest BCUT2D eigenvalue weighted by atomic mass is 35.5. The minimum absolute atomic E-state index is 0.121. The number of nitrogens with zero attached hydrogens (tertiary/aromatic N) is 1. The summed E-state index contributed by atoms with van der Waals surface area (Å²) < 4.78 is 13.8. The van der Waals surface area contributed by atoms with E-state index < -0.39 is 11.5 Å². The summed E-state index contributed by atoms with van der Waals surface area (Å²) in [4.78, 5) is 29.0. The van der Waals surface area contributed by atoms with Crippen LogP contribution in [0.3, 0.4) is 0 Å². The van der Waals surface area contributed by atoms with Crippen LogP contribution in [-0.4, -0.2) is 23.3 Å². The molecule has 174 valence electrons. The van der Waals surface area contributed by atoms with E-state index in [1.54, 1.807) is 47.4 Å². The Morgan fingerprint density at radius 3 is 2.26 bits per heavy atom. The molecule has 3 aromatic rings. The molecule has 1 aliphatic heterocycles. The van der Waals surface area contributed by atoms with E-state index in [2.05, 4.69) is 5.32 Å². The van der Waals surface area contributed by atoms with Gasteiger partial charge in [-0.25, -0.2) is 4.39 Å². The molecule has 1 heterocycles. The predicted molar refractivity (Wildman–Crippen MR) is 132 cm³/mol. The highest BCUT2D eigenvalue weighted by molar-refractivity contribution is 6.31. The molecule has 0 radical (unpaired) electrons. The van der Waals surface area contributed by atoms with Crippen LogP contribution in [0.4, 0.5) is 10.1 Å². The maximum atomic E-state index is 14.5.